The van der Waals surface area contributed by atoms with E-state index in [1.165, 1.54) is 37.7 Å². The van der Waals surface area contributed by atoms with Crippen molar-refractivity contribution in [1.82, 2.24) is 5.32 Å². The van der Waals surface area contributed by atoms with Crippen molar-refractivity contribution >= 4 is 0 Å². The van der Waals surface area contributed by atoms with Crippen LogP contribution in [0.3, 0.4) is 0 Å². The number of nitrogens with one attached hydrogen (secondary N) is 1. The summed E-state index contributed by atoms with van der Waals surface area (Å²) >= 11 is 0. The molecule has 1 atom stereocenters. The van der Waals surface area contributed by atoms with Gasteiger partial charge in [0.1, 0.15) is 5.75 Å². The molecule has 1 aliphatic rings. The largest absolute Gasteiger partial charge is 0.494 e. The molecule has 2 rings (SSSR count). The summed E-state index contributed by atoms with van der Waals surface area (Å²) in [7, 11) is 0. The lowest BCUT2D eigenvalue weighted by molar-refractivity contribution is 0.272. The summed E-state index contributed by atoms with van der Waals surface area (Å²) in [4.78, 5) is 0. The van der Waals surface area contributed by atoms with Crippen LogP contribution in [0.1, 0.15) is 64.0 Å². The molecule has 2 heteroatoms. The molecule has 1 saturated carbocycles. The van der Waals surface area contributed by atoms with E-state index in [1.807, 2.05) is 0 Å². The molecule has 1 aromatic carbocycles. The molecule has 1 aliphatic carbocycles. The third kappa shape index (κ3) is 4.24. The van der Waals surface area contributed by atoms with Crippen LogP contribution < -0.4 is 10.1 Å². The van der Waals surface area contributed by atoms with Crippen LogP contribution in [0.25, 0.3) is 0 Å². The van der Waals surface area contributed by atoms with E-state index in [-0.39, 0.29) is 0 Å². The molecule has 0 radical (unpaired) electrons. The molecule has 1 fully saturated rings. The van der Waals surface area contributed by atoms with Crippen LogP contribution in [0, 0.1) is 5.92 Å². The molecular formula is C18H29NO. The van der Waals surface area contributed by atoms with Crippen LogP contribution in [0.4, 0.5) is 0 Å². The van der Waals surface area contributed by atoms with Crippen molar-refractivity contribution in [2.24, 2.45) is 5.92 Å². The highest BCUT2D eigenvalue weighted by atomic mass is 16.5. The van der Waals surface area contributed by atoms with Crippen LogP contribution in [-0.4, -0.2) is 13.2 Å². The molecule has 0 aromatic heterocycles. The first-order chi connectivity index (χ1) is 9.85. The summed E-state index contributed by atoms with van der Waals surface area (Å²) < 4.78 is 5.78. The summed E-state index contributed by atoms with van der Waals surface area (Å²) in [6, 6.07) is 9.18. The molecule has 0 bridgehead atoms. The van der Waals surface area contributed by atoms with Gasteiger partial charge in [-0.15, -0.1) is 0 Å². The molecule has 0 spiro atoms. The van der Waals surface area contributed by atoms with Gasteiger partial charge >= 0.3 is 0 Å². The molecule has 1 aromatic rings. The van der Waals surface area contributed by atoms with Crippen LogP contribution in [0.2, 0.25) is 0 Å². The maximum Gasteiger partial charge on any atom is 0.119 e. The molecule has 1 unspecified atom stereocenters. The van der Waals surface area contributed by atoms with E-state index in [1.54, 1.807) is 0 Å². The molecule has 2 nitrogen and oxygen atoms in total. The fraction of sp³-hybridized carbons (Fsp3) is 0.667. The summed E-state index contributed by atoms with van der Waals surface area (Å²) in [5, 5.41) is 3.70. The zero-order valence-electron chi connectivity index (χ0n) is 13.0. The van der Waals surface area contributed by atoms with Crippen molar-refractivity contribution in [3.8, 4) is 5.75 Å². The normalized spacial score (nSPS) is 17.9. The number of hydrogen-bond acceptors (Lipinski definition) is 2. The fourth-order valence-electron chi connectivity index (χ4n) is 3.26. The molecule has 20 heavy (non-hydrogen) atoms. The van der Waals surface area contributed by atoms with Gasteiger partial charge in [0.2, 0.25) is 0 Å². The molecule has 1 N–H and O–H groups in total. The lowest BCUT2D eigenvalue weighted by atomic mass is 9.81. The minimum absolute atomic E-state index is 0.491. The standard InChI is InChI=1S/C18H29NO/c1-3-13-20-17-12-8-11-16(14-17)18(19-4-2)15-9-6-5-7-10-15/h8,11-12,14-15,18-19H,3-7,9-10,13H2,1-2H3. The van der Waals surface area contributed by atoms with Gasteiger partial charge in [0.25, 0.3) is 0 Å². The van der Waals surface area contributed by atoms with Gasteiger partial charge in [0.05, 0.1) is 6.61 Å². The third-order valence-corrected chi connectivity index (χ3v) is 4.24. The first-order valence-corrected chi connectivity index (χ1v) is 8.31. The third-order valence-electron chi connectivity index (χ3n) is 4.24. The van der Waals surface area contributed by atoms with E-state index in [2.05, 4.69) is 43.4 Å². The van der Waals surface area contributed by atoms with Crippen molar-refractivity contribution in [1.29, 1.82) is 0 Å². The minimum Gasteiger partial charge on any atom is -0.494 e. The van der Waals surface area contributed by atoms with Crippen molar-refractivity contribution in [3.05, 3.63) is 29.8 Å². The Morgan fingerprint density at radius 1 is 1.20 bits per heavy atom. The zero-order valence-corrected chi connectivity index (χ0v) is 13.0. The highest BCUT2D eigenvalue weighted by molar-refractivity contribution is 5.31. The fourth-order valence-corrected chi connectivity index (χ4v) is 3.26. The van der Waals surface area contributed by atoms with Crippen LogP contribution in [-0.2, 0) is 0 Å². The lowest BCUT2D eigenvalue weighted by Gasteiger charge is -2.31. The average molecular weight is 275 g/mol. The highest BCUT2D eigenvalue weighted by Gasteiger charge is 2.24. The topological polar surface area (TPSA) is 21.3 Å². The van der Waals surface area contributed by atoms with Crippen LogP contribution >= 0.6 is 0 Å². The molecule has 0 aliphatic heterocycles. The Morgan fingerprint density at radius 3 is 2.70 bits per heavy atom. The molecule has 0 amide bonds. The van der Waals surface area contributed by atoms with Crippen molar-refractivity contribution in [3.63, 3.8) is 0 Å². The second-order valence-corrected chi connectivity index (χ2v) is 5.85. The van der Waals surface area contributed by atoms with E-state index in [0.29, 0.717) is 6.04 Å². The first-order valence-electron chi connectivity index (χ1n) is 8.31. The van der Waals surface area contributed by atoms with Crippen molar-refractivity contribution < 1.29 is 4.74 Å². The summed E-state index contributed by atoms with van der Waals surface area (Å²) in [6.45, 7) is 6.18. The maximum absolute atomic E-state index is 5.78. The van der Waals surface area contributed by atoms with Crippen molar-refractivity contribution in [2.45, 2.75) is 58.4 Å². The SMILES string of the molecule is CCCOc1cccc(C(NCC)C2CCCCC2)c1. The Kier molecular flexibility index (Phi) is 6.38. The van der Waals surface area contributed by atoms with E-state index in [0.717, 1.165) is 31.2 Å². The second-order valence-electron chi connectivity index (χ2n) is 5.85. The van der Waals surface area contributed by atoms with Gasteiger partial charge in [-0.05, 0) is 49.4 Å². The van der Waals surface area contributed by atoms with Crippen LogP contribution in [0.15, 0.2) is 24.3 Å². The van der Waals surface area contributed by atoms with Gasteiger partial charge in [0.15, 0.2) is 0 Å². The zero-order chi connectivity index (χ0) is 14.2. The van der Waals surface area contributed by atoms with E-state index in [9.17, 15) is 0 Å². The molecule has 0 heterocycles. The Balaban J connectivity index is 2.10. The number of rotatable bonds is 7. The Hall–Kier alpha value is -1.02. The molecule has 0 saturated heterocycles. The minimum atomic E-state index is 0.491. The van der Waals surface area contributed by atoms with Gasteiger partial charge in [-0.3, -0.25) is 0 Å². The van der Waals surface area contributed by atoms with Gasteiger partial charge in [-0.2, -0.15) is 0 Å². The number of benzene rings is 1. The highest BCUT2D eigenvalue weighted by Crippen LogP contribution is 2.35. The van der Waals surface area contributed by atoms with E-state index >= 15 is 0 Å². The Bertz CT molecular complexity index is 385. The number of hydrogen-bond donors (Lipinski definition) is 1. The van der Waals surface area contributed by atoms with Gasteiger partial charge in [-0.25, -0.2) is 0 Å². The summed E-state index contributed by atoms with van der Waals surface area (Å²) in [5.41, 5.74) is 1.40. The summed E-state index contributed by atoms with van der Waals surface area (Å²) in [6.07, 6.45) is 7.96. The van der Waals surface area contributed by atoms with E-state index in [4.69, 9.17) is 4.74 Å². The second kappa shape index (κ2) is 8.31. The van der Waals surface area contributed by atoms with Crippen molar-refractivity contribution in [2.75, 3.05) is 13.2 Å². The van der Waals surface area contributed by atoms with Gasteiger partial charge in [-0.1, -0.05) is 45.2 Å². The Labute approximate surface area is 123 Å². The summed E-state index contributed by atoms with van der Waals surface area (Å²) in [5.74, 6) is 1.80. The maximum atomic E-state index is 5.78. The predicted octanol–water partition coefficient (Wildman–Crippen LogP) is 4.71. The quantitative estimate of drug-likeness (QED) is 0.778. The smallest absolute Gasteiger partial charge is 0.119 e. The van der Waals surface area contributed by atoms with Gasteiger partial charge < -0.3 is 10.1 Å². The monoisotopic (exact) mass is 275 g/mol. The average Bonchev–Trinajstić information content (AvgIpc) is 2.52. The van der Waals surface area contributed by atoms with Crippen LogP contribution in [0.5, 0.6) is 5.75 Å². The molecular weight excluding hydrogens is 246 g/mol. The Morgan fingerprint density at radius 2 is 2.00 bits per heavy atom. The lowest BCUT2D eigenvalue weighted by Crippen LogP contribution is -2.29. The predicted molar refractivity (Wildman–Crippen MR) is 85.2 cm³/mol. The first kappa shape index (κ1) is 15.4. The molecule has 112 valence electrons. The number of ether oxygens (including phenoxy) is 1. The van der Waals surface area contributed by atoms with E-state index < -0.39 is 0 Å². The van der Waals surface area contributed by atoms with Gasteiger partial charge in [0, 0.05) is 6.04 Å².